The molecule has 2 rings (SSSR count). The van der Waals surface area contributed by atoms with Crippen molar-refractivity contribution >= 4 is 6.21 Å². The van der Waals surface area contributed by atoms with Gasteiger partial charge in [0.05, 0.1) is 19.3 Å². The lowest BCUT2D eigenvalue weighted by molar-refractivity contribution is -0.180. The third kappa shape index (κ3) is 26.6. The molecule has 0 saturated carbocycles. The molecule has 0 aromatic heterocycles. The van der Waals surface area contributed by atoms with Gasteiger partial charge in [0, 0.05) is 37.8 Å². The van der Waals surface area contributed by atoms with Crippen molar-refractivity contribution in [3.8, 4) is 0 Å². The van der Waals surface area contributed by atoms with E-state index in [1.54, 1.807) is 0 Å². The molecule has 2 aliphatic rings. The molecule has 1 fully saturated rings. The number of rotatable bonds is 35. The second-order valence-corrected chi connectivity index (χ2v) is 15.2. The van der Waals surface area contributed by atoms with Crippen LogP contribution in [0.3, 0.4) is 0 Å². The maximum atomic E-state index is 6.73. The highest BCUT2D eigenvalue weighted by atomic mass is 16.7. The summed E-state index contributed by atoms with van der Waals surface area (Å²) in [5.41, 5.74) is 0. The Balaban J connectivity index is 1.58. The largest absolute Gasteiger partial charge is 0.381 e. The zero-order valence-electron chi connectivity index (χ0n) is 33.6. The van der Waals surface area contributed by atoms with E-state index >= 15 is 0 Å². The average molecular weight is 708 g/mol. The van der Waals surface area contributed by atoms with Gasteiger partial charge in [-0.3, -0.25) is 4.99 Å². The van der Waals surface area contributed by atoms with E-state index < -0.39 is 0 Å². The minimum absolute atomic E-state index is 0.152. The molecule has 1 saturated heterocycles. The third-order valence-corrected chi connectivity index (χ3v) is 10.3. The summed E-state index contributed by atoms with van der Waals surface area (Å²) in [6.07, 6.45) is 59.7. The topological polar surface area (TPSA) is 40.0 Å². The summed E-state index contributed by atoms with van der Waals surface area (Å²) >= 11 is 0. The Hall–Kier alpha value is -1.75. The van der Waals surface area contributed by atoms with Crippen molar-refractivity contribution in [3.05, 3.63) is 60.9 Å². The first-order chi connectivity index (χ1) is 25.3. The van der Waals surface area contributed by atoms with Crippen LogP contribution in [-0.2, 0) is 14.2 Å². The molecular weight excluding hydrogens is 627 g/mol. The fourth-order valence-corrected chi connectivity index (χ4v) is 7.00. The molecule has 0 spiro atoms. The Bertz CT molecular complexity index is 899. The molecule has 0 aliphatic carbocycles. The standard InChI is InChI=1S/C47H81NO3/c1-3-5-7-9-11-13-15-17-19-21-23-25-27-29-31-33-38-47(50-44-46(51-47)37-41-49-43-45-36-35-40-48-42-45)39-34-32-30-28-26-24-22-20-18-16-14-12-10-8-6-4-2/h11-14,17-20,35,40,42,45-46H,3-10,15-16,21-34,36-39,41,43-44H2,1-2H3/b13-11-,14-12-,19-17-,20-18-. The fourth-order valence-electron chi connectivity index (χ4n) is 7.00. The molecular formula is C47H81NO3. The van der Waals surface area contributed by atoms with Crippen molar-refractivity contribution in [3.63, 3.8) is 0 Å². The van der Waals surface area contributed by atoms with Crippen LogP contribution in [0, 0.1) is 5.92 Å². The second-order valence-electron chi connectivity index (χ2n) is 15.2. The van der Waals surface area contributed by atoms with Crippen LogP contribution in [0.1, 0.15) is 194 Å². The van der Waals surface area contributed by atoms with Gasteiger partial charge in [0.1, 0.15) is 0 Å². The van der Waals surface area contributed by atoms with Gasteiger partial charge in [-0.25, -0.2) is 0 Å². The highest BCUT2D eigenvalue weighted by molar-refractivity contribution is 5.63. The van der Waals surface area contributed by atoms with Gasteiger partial charge < -0.3 is 14.2 Å². The van der Waals surface area contributed by atoms with Crippen LogP contribution >= 0.6 is 0 Å². The summed E-state index contributed by atoms with van der Waals surface area (Å²) in [5, 5.41) is 0. The molecule has 2 heterocycles. The molecule has 4 heteroatoms. The molecule has 2 unspecified atom stereocenters. The lowest BCUT2D eigenvalue weighted by atomic mass is 9.98. The number of hydrogen-bond acceptors (Lipinski definition) is 4. The quantitative estimate of drug-likeness (QED) is 0.0486. The molecule has 292 valence electrons. The number of aliphatic imine (C=N–C) groups is 1. The summed E-state index contributed by atoms with van der Waals surface area (Å²) in [4.78, 5) is 4.26. The molecule has 0 aromatic carbocycles. The van der Waals surface area contributed by atoms with Crippen LogP contribution in [0.15, 0.2) is 65.9 Å². The van der Waals surface area contributed by atoms with E-state index in [1.807, 2.05) is 12.4 Å². The average Bonchev–Trinajstić information content (AvgIpc) is 3.56. The Morgan fingerprint density at radius 3 is 1.61 bits per heavy atom. The minimum atomic E-state index is -0.379. The molecule has 0 amide bonds. The summed E-state index contributed by atoms with van der Waals surface area (Å²) in [5.74, 6) is 0.0260. The zero-order chi connectivity index (χ0) is 36.2. The van der Waals surface area contributed by atoms with Crippen molar-refractivity contribution in [1.29, 1.82) is 0 Å². The van der Waals surface area contributed by atoms with Gasteiger partial charge in [-0.1, -0.05) is 146 Å². The Kier molecular flexibility index (Phi) is 30.3. The lowest BCUT2D eigenvalue weighted by Gasteiger charge is -2.28. The number of allylic oxidation sites excluding steroid dienone is 9. The highest BCUT2D eigenvalue weighted by Gasteiger charge is 2.40. The maximum absolute atomic E-state index is 6.73. The summed E-state index contributed by atoms with van der Waals surface area (Å²) in [6.45, 7) is 6.72. The lowest BCUT2D eigenvalue weighted by Crippen LogP contribution is -2.31. The number of unbranched alkanes of at least 4 members (excludes halogenated alkanes) is 18. The van der Waals surface area contributed by atoms with Crippen molar-refractivity contribution in [2.45, 2.75) is 206 Å². The molecule has 51 heavy (non-hydrogen) atoms. The number of ether oxygens (including phenoxy) is 3. The van der Waals surface area contributed by atoms with Crippen LogP contribution < -0.4 is 0 Å². The van der Waals surface area contributed by atoms with Crippen molar-refractivity contribution in [1.82, 2.24) is 0 Å². The fraction of sp³-hybridized carbons (Fsp3) is 0.766. The van der Waals surface area contributed by atoms with Gasteiger partial charge in [0.25, 0.3) is 0 Å². The molecule has 0 radical (unpaired) electrons. The van der Waals surface area contributed by atoms with E-state index in [0.29, 0.717) is 12.5 Å². The predicted molar refractivity (Wildman–Crippen MR) is 223 cm³/mol. The van der Waals surface area contributed by atoms with Gasteiger partial charge in [-0.2, -0.15) is 0 Å². The van der Waals surface area contributed by atoms with E-state index in [0.717, 1.165) is 51.7 Å². The van der Waals surface area contributed by atoms with Crippen molar-refractivity contribution in [2.75, 3.05) is 19.8 Å². The van der Waals surface area contributed by atoms with Crippen LogP contribution in [0.4, 0.5) is 0 Å². The minimum Gasteiger partial charge on any atom is -0.381 e. The first-order valence-corrected chi connectivity index (χ1v) is 22.0. The Morgan fingerprint density at radius 1 is 0.627 bits per heavy atom. The predicted octanol–water partition coefficient (Wildman–Crippen LogP) is 14.5. The number of nitrogens with zero attached hydrogens (tertiary/aromatic N) is 1. The second kappa shape index (κ2) is 34.0. The monoisotopic (exact) mass is 708 g/mol. The number of hydrogen-bond donors (Lipinski definition) is 0. The first kappa shape index (κ1) is 45.4. The van der Waals surface area contributed by atoms with Gasteiger partial charge in [0.2, 0.25) is 0 Å². The van der Waals surface area contributed by atoms with E-state index in [4.69, 9.17) is 14.2 Å². The van der Waals surface area contributed by atoms with Crippen LogP contribution in [0.5, 0.6) is 0 Å². The zero-order valence-corrected chi connectivity index (χ0v) is 33.6. The molecule has 2 aliphatic heterocycles. The van der Waals surface area contributed by atoms with E-state index in [-0.39, 0.29) is 11.9 Å². The van der Waals surface area contributed by atoms with Gasteiger partial charge in [0.15, 0.2) is 5.79 Å². The first-order valence-electron chi connectivity index (χ1n) is 22.0. The van der Waals surface area contributed by atoms with Crippen molar-refractivity contribution in [2.24, 2.45) is 10.9 Å². The van der Waals surface area contributed by atoms with Crippen LogP contribution in [-0.4, -0.2) is 37.9 Å². The molecule has 4 nitrogen and oxygen atoms in total. The normalized spacial score (nSPS) is 18.9. The Labute approximate surface area is 316 Å². The molecule has 2 atom stereocenters. The van der Waals surface area contributed by atoms with Crippen LogP contribution in [0.2, 0.25) is 0 Å². The molecule has 0 aromatic rings. The van der Waals surface area contributed by atoms with Gasteiger partial charge in [-0.15, -0.1) is 0 Å². The van der Waals surface area contributed by atoms with E-state index in [2.05, 4.69) is 73.5 Å². The summed E-state index contributed by atoms with van der Waals surface area (Å²) in [7, 11) is 0. The SMILES string of the molecule is CCCCC/C=C\C/C=C\CCCCCCCCC1(CCCCCCCC/C=C\C/C=C\CCCCC)OCC(CCOCC2C=NC=CC2)O1. The van der Waals surface area contributed by atoms with E-state index in [9.17, 15) is 0 Å². The van der Waals surface area contributed by atoms with Crippen LogP contribution in [0.25, 0.3) is 0 Å². The van der Waals surface area contributed by atoms with Crippen molar-refractivity contribution < 1.29 is 14.2 Å². The maximum Gasteiger partial charge on any atom is 0.168 e. The molecule has 0 N–H and O–H groups in total. The Morgan fingerprint density at radius 2 is 1.12 bits per heavy atom. The van der Waals surface area contributed by atoms with Gasteiger partial charge in [-0.05, 0) is 89.9 Å². The smallest absolute Gasteiger partial charge is 0.168 e. The highest BCUT2D eigenvalue weighted by Crippen LogP contribution is 2.35. The summed E-state index contributed by atoms with van der Waals surface area (Å²) < 4.78 is 19.3. The third-order valence-electron chi connectivity index (χ3n) is 10.3. The van der Waals surface area contributed by atoms with E-state index in [1.165, 1.54) is 141 Å². The van der Waals surface area contributed by atoms with Gasteiger partial charge >= 0.3 is 0 Å². The summed E-state index contributed by atoms with van der Waals surface area (Å²) in [6, 6.07) is 0. The molecule has 0 bridgehead atoms.